The van der Waals surface area contributed by atoms with E-state index in [-0.39, 0.29) is 17.5 Å². The van der Waals surface area contributed by atoms with E-state index in [0.29, 0.717) is 0 Å². The van der Waals surface area contributed by atoms with E-state index in [1.54, 1.807) is 12.1 Å². The zero-order valence-corrected chi connectivity index (χ0v) is 13.0. The van der Waals surface area contributed by atoms with Crippen LogP contribution >= 0.6 is 0 Å². The summed E-state index contributed by atoms with van der Waals surface area (Å²) in [6, 6.07) is 4.91. The van der Waals surface area contributed by atoms with Crippen LogP contribution in [-0.2, 0) is 0 Å². The molecule has 1 aliphatic heterocycles. The van der Waals surface area contributed by atoms with Gasteiger partial charge in [0.2, 0.25) is 0 Å². The molecule has 2 atom stereocenters. The van der Waals surface area contributed by atoms with Crippen LogP contribution in [0.25, 0.3) is 0 Å². The Balaban J connectivity index is 2.46. The van der Waals surface area contributed by atoms with Crippen molar-refractivity contribution >= 4 is 17.5 Å². The molecule has 84 valence electrons. The summed E-state index contributed by atoms with van der Waals surface area (Å²) in [7, 11) is -0.121. The van der Waals surface area contributed by atoms with Crippen LogP contribution in [0.4, 0.5) is 0 Å². The molecule has 0 spiro atoms. The van der Waals surface area contributed by atoms with Crippen LogP contribution in [0.5, 0.6) is 0 Å². The van der Waals surface area contributed by atoms with E-state index >= 15 is 0 Å². The van der Waals surface area contributed by atoms with Crippen molar-refractivity contribution in [3.05, 3.63) is 0 Å². The minimum absolute atomic E-state index is 0.157. The first kappa shape index (κ1) is 12.5. The minimum Gasteiger partial charge on any atom is -0.327 e. The van der Waals surface area contributed by atoms with Crippen molar-refractivity contribution in [3.8, 4) is 0 Å². The first-order valence-corrected chi connectivity index (χ1v) is 12.0. The van der Waals surface area contributed by atoms with Crippen LogP contribution in [0.1, 0.15) is 47.0 Å². The molecule has 1 fully saturated rings. The highest BCUT2D eigenvalue weighted by Gasteiger charge is 2.26. The fourth-order valence-corrected chi connectivity index (χ4v) is 11.0. The number of hydrogen-bond acceptors (Lipinski definition) is 1. The highest BCUT2D eigenvalue weighted by atomic mass is 29.2. The van der Waals surface area contributed by atoms with Gasteiger partial charge in [0.05, 0.1) is 9.20 Å². The monoisotopic (exact) mass is 229 g/mol. The Labute approximate surface area is 93.6 Å². The molecule has 1 heterocycles. The molecule has 1 nitrogen and oxygen atoms in total. The van der Waals surface area contributed by atoms with Crippen molar-refractivity contribution in [2.24, 2.45) is 0 Å². The molecule has 1 saturated heterocycles. The van der Waals surface area contributed by atoms with E-state index in [1.165, 1.54) is 19.3 Å². The van der Waals surface area contributed by atoms with Gasteiger partial charge in [-0.2, -0.15) is 0 Å². The molecule has 0 aromatic heterocycles. The van der Waals surface area contributed by atoms with Crippen LogP contribution in [0, 0.1) is 0 Å². The lowest BCUT2D eigenvalue weighted by atomic mass is 10.0. The fourth-order valence-electron chi connectivity index (χ4n) is 2.68. The van der Waals surface area contributed by atoms with Gasteiger partial charge in [0.15, 0.2) is 0 Å². The molecule has 0 N–H and O–H groups in total. The minimum atomic E-state index is -0.277. The maximum Gasteiger partial charge on any atom is 0.0839 e. The van der Waals surface area contributed by atoms with E-state index in [9.17, 15) is 0 Å². The molecule has 0 aromatic carbocycles. The summed E-state index contributed by atoms with van der Waals surface area (Å²) in [6.45, 7) is 9.76. The van der Waals surface area contributed by atoms with Crippen molar-refractivity contribution in [1.82, 2.24) is 4.57 Å². The molecule has 0 aromatic rings. The predicted octanol–water partition coefficient (Wildman–Crippen LogP) is 2.10. The van der Waals surface area contributed by atoms with Crippen molar-refractivity contribution in [2.75, 3.05) is 0 Å². The third kappa shape index (κ3) is 3.21. The van der Waals surface area contributed by atoms with Gasteiger partial charge < -0.3 is 4.57 Å². The van der Waals surface area contributed by atoms with Crippen LogP contribution < -0.4 is 0 Å². The lowest BCUT2D eigenvalue weighted by Crippen LogP contribution is -2.50. The predicted molar refractivity (Wildman–Crippen MR) is 71.3 cm³/mol. The molecule has 3 heteroatoms. The number of hydrogen-bond donors (Lipinski definition) is 0. The lowest BCUT2D eigenvalue weighted by molar-refractivity contribution is 0.209. The van der Waals surface area contributed by atoms with Crippen molar-refractivity contribution in [1.29, 1.82) is 0 Å². The maximum absolute atomic E-state index is 2.94. The van der Waals surface area contributed by atoms with Crippen molar-refractivity contribution in [3.63, 3.8) is 0 Å². The van der Waals surface area contributed by atoms with Gasteiger partial charge in [0.1, 0.15) is 0 Å². The standard InChI is InChI=1S/C11H27NSi2/c1-5-14(6-2)13-12-10(3)8-7-9-11(12)4/h10-11,14H,5-9,13H2,1-4H3. The summed E-state index contributed by atoms with van der Waals surface area (Å²) in [5, 5.41) is 0. The molecule has 1 rings (SSSR count). The molecule has 0 saturated carbocycles. The Hall–Kier alpha value is 0.394. The summed E-state index contributed by atoms with van der Waals surface area (Å²) in [5.74, 6) is 0. The lowest BCUT2D eigenvalue weighted by Gasteiger charge is -2.40. The first-order chi connectivity index (χ1) is 6.69. The average Bonchev–Trinajstić information content (AvgIpc) is 2.18. The number of nitrogens with zero attached hydrogens (tertiary/aromatic N) is 1. The second-order valence-electron chi connectivity index (χ2n) is 5.01. The summed E-state index contributed by atoms with van der Waals surface area (Å²) >= 11 is 0. The molecule has 14 heavy (non-hydrogen) atoms. The van der Waals surface area contributed by atoms with Crippen LogP contribution in [0.3, 0.4) is 0 Å². The van der Waals surface area contributed by atoms with Gasteiger partial charge in [0, 0.05) is 8.31 Å². The highest BCUT2D eigenvalue weighted by Crippen LogP contribution is 2.22. The molecule has 0 aliphatic carbocycles. The molecular weight excluding hydrogens is 202 g/mol. The fraction of sp³-hybridized carbons (Fsp3) is 1.00. The molecule has 0 radical (unpaired) electrons. The normalized spacial score (nSPS) is 30.6. The zero-order chi connectivity index (χ0) is 10.6. The van der Waals surface area contributed by atoms with Crippen molar-refractivity contribution < 1.29 is 0 Å². The Kier molecular flexibility index (Phi) is 5.41. The van der Waals surface area contributed by atoms with Crippen LogP contribution in [0.15, 0.2) is 0 Å². The summed E-state index contributed by atoms with van der Waals surface area (Å²) in [6.07, 6.45) is 4.40. The van der Waals surface area contributed by atoms with E-state index < -0.39 is 0 Å². The highest BCUT2D eigenvalue weighted by molar-refractivity contribution is 7.11. The largest absolute Gasteiger partial charge is 0.327 e. The van der Waals surface area contributed by atoms with E-state index in [0.717, 1.165) is 12.1 Å². The van der Waals surface area contributed by atoms with E-state index in [1.807, 2.05) is 0 Å². The van der Waals surface area contributed by atoms with Gasteiger partial charge in [0.25, 0.3) is 0 Å². The van der Waals surface area contributed by atoms with Crippen molar-refractivity contribution in [2.45, 2.75) is 71.1 Å². The van der Waals surface area contributed by atoms with Gasteiger partial charge in [-0.3, -0.25) is 0 Å². The van der Waals surface area contributed by atoms with E-state index in [4.69, 9.17) is 0 Å². The zero-order valence-electron chi connectivity index (χ0n) is 10.4. The molecular formula is C11H27NSi2. The molecule has 0 amide bonds. The topological polar surface area (TPSA) is 3.24 Å². The summed E-state index contributed by atoms with van der Waals surface area (Å²) in [5.41, 5.74) is 0. The third-order valence-corrected chi connectivity index (χ3v) is 14.8. The average molecular weight is 230 g/mol. The Morgan fingerprint density at radius 1 is 1.14 bits per heavy atom. The number of rotatable bonds is 4. The molecule has 1 aliphatic rings. The molecule has 2 unspecified atom stereocenters. The Morgan fingerprint density at radius 2 is 1.64 bits per heavy atom. The van der Waals surface area contributed by atoms with Gasteiger partial charge in [-0.1, -0.05) is 46.2 Å². The Morgan fingerprint density at radius 3 is 2.07 bits per heavy atom. The second kappa shape index (κ2) is 6.08. The smallest absolute Gasteiger partial charge is 0.0839 e. The van der Waals surface area contributed by atoms with Gasteiger partial charge in [-0.25, -0.2) is 0 Å². The van der Waals surface area contributed by atoms with Crippen LogP contribution in [-0.4, -0.2) is 34.2 Å². The molecule has 0 bridgehead atoms. The first-order valence-electron chi connectivity index (χ1n) is 6.44. The summed E-state index contributed by atoms with van der Waals surface area (Å²) in [4.78, 5) is 0. The quantitative estimate of drug-likeness (QED) is 0.668. The SMILES string of the molecule is CC[SiH](CC)[SiH2]N1C(C)CCCC1C. The Bertz CT molecular complexity index is 149. The summed E-state index contributed by atoms with van der Waals surface area (Å²) < 4.78 is 2.94. The third-order valence-electron chi connectivity index (χ3n) is 4.00. The van der Waals surface area contributed by atoms with Gasteiger partial charge >= 0.3 is 0 Å². The van der Waals surface area contributed by atoms with Gasteiger partial charge in [-0.15, -0.1) is 0 Å². The number of piperidine rings is 1. The van der Waals surface area contributed by atoms with Gasteiger partial charge in [-0.05, 0) is 24.9 Å². The van der Waals surface area contributed by atoms with Crippen LogP contribution in [0.2, 0.25) is 12.1 Å². The maximum atomic E-state index is 2.94. The second-order valence-corrected chi connectivity index (χ2v) is 14.0. The van der Waals surface area contributed by atoms with E-state index in [2.05, 4.69) is 32.3 Å².